The zero-order chi connectivity index (χ0) is 9.23. The van der Waals surface area contributed by atoms with E-state index in [0.29, 0.717) is 13.1 Å². The molecule has 0 aromatic heterocycles. The number of hydrogen-bond donors (Lipinski definition) is 3. The lowest BCUT2D eigenvalue weighted by Crippen LogP contribution is -2.27. The van der Waals surface area contributed by atoms with Crippen molar-refractivity contribution in [3.63, 3.8) is 0 Å². The Morgan fingerprint density at radius 1 is 1.50 bits per heavy atom. The van der Waals surface area contributed by atoms with Crippen molar-refractivity contribution in [3.05, 3.63) is 12.2 Å². The molecule has 0 radical (unpaired) electrons. The van der Waals surface area contributed by atoms with Crippen LogP contribution in [0.5, 0.6) is 0 Å². The summed E-state index contributed by atoms with van der Waals surface area (Å²) in [6.07, 6.45) is 5.45. The molecule has 0 amide bonds. The summed E-state index contributed by atoms with van der Waals surface area (Å²) in [4.78, 5) is 0. The lowest BCUT2D eigenvalue weighted by atomic mass is 10.2. The average molecular weight is 173 g/mol. The van der Waals surface area contributed by atoms with Crippen molar-refractivity contribution in [2.75, 3.05) is 19.7 Å². The van der Waals surface area contributed by atoms with Gasteiger partial charge in [-0.25, -0.2) is 0 Å². The van der Waals surface area contributed by atoms with Crippen LogP contribution in [0.25, 0.3) is 0 Å². The Morgan fingerprint density at radius 3 is 2.83 bits per heavy atom. The number of hydrogen-bond acceptors (Lipinski definition) is 3. The molecule has 0 saturated carbocycles. The molecular weight excluding hydrogens is 154 g/mol. The van der Waals surface area contributed by atoms with Crippen molar-refractivity contribution < 1.29 is 10.2 Å². The zero-order valence-electron chi connectivity index (χ0n) is 7.66. The van der Waals surface area contributed by atoms with E-state index < -0.39 is 6.10 Å². The van der Waals surface area contributed by atoms with Crippen LogP contribution in [0.1, 0.15) is 19.8 Å². The summed E-state index contributed by atoms with van der Waals surface area (Å²) in [5.41, 5.74) is 0. The van der Waals surface area contributed by atoms with Gasteiger partial charge in [-0.3, -0.25) is 0 Å². The van der Waals surface area contributed by atoms with Gasteiger partial charge < -0.3 is 15.5 Å². The molecule has 12 heavy (non-hydrogen) atoms. The average Bonchev–Trinajstić information content (AvgIpc) is 2.06. The van der Waals surface area contributed by atoms with Crippen molar-refractivity contribution in [1.29, 1.82) is 0 Å². The summed E-state index contributed by atoms with van der Waals surface area (Å²) in [5.74, 6) is 0. The Balaban J connectivity index is 3.26. The van der Waals surface area contributed by atoms with Gasteiger partial charge in [-0.1, -0.05) is 25.5 Å². The summed E-state index contributed by atoms with van der Waals surface area (Å²) in [6.45, 7) is 3.27. The second-order valence-corrected chi connectivity index (χ2v) is 2.71. The van der Waals surface area contributed by atoms with Gasteiger partial charge in [-0.2, -0.15) is 0 Å². The molecule has 0 aromatic carbocycles. The summed E-state index contributed by atoms with van der Waals surface area (Å²) in [6, 6.07) is 0. The first-order valence-electron chi connectivity index (χ1n) is 4.47. The van der Waals surface area contributed by atoms with Crippen LogP contribution in [0.4, 0.5) is 0 Å². The Hall–Kier alpha value is -0.380. The Kier molecular flexibility index (Phi) is 8.44. The molecule has 0 heterocycles. The Bertz CT molecular complexity index is 115. The minimum atomic E-state index is -0.428. The molecule has 0 saturated heterocycles. The van der Waals surface area contributed by atoms with Crippen LogP contribution in [-0.4, -0.2) is 36.0 Å². The lowest BCUT2D eigenvalue weighted by Gasteiger charge is -2.05. The molecule has 1 unspecified atom stereocenters. The number of allylic oxidation sites excluding steroid dienone is 1. The summed E-state index contributed by atoms with van der Waals surface area (Å²) < 4.78 is 0. The monoisotopic (exact) mass is 173 g/mol. The van der Waals surface area contributed by atoms with Crippen molar-refractivity contribution >= 4 is 0 Å². The molecular formula is C9H19NO2. The molecule has 0 aliphatic heterocycles. The van der Waals surface area contributed by atoms with Gasteiger partial charge in [0.25, 0.3) is 0 Å². The van der Waals surface area contributed by atoms with Crippen LogP contribution >= 0.6 is 0 Å². The van der Waals surface area contributed by atoms with E-state index in [4.69, 9.17) is 5.11 Å². The van der Waals surface area contributed by atoms with E-state index in [2.05, 4.69) is 12.2 Å². The SMILES string of the molecule is CCC/C=C/C(O)CNCCO. The summed E-state index contributed by atoms with van der Waals surface area (Å²) >= 11 is 0. The standard InChI is InChI=1S/C9H19NO2/c1-2-3-4-5-9(12)8-10-6-7-11/h4-5,9-12H,2-3,6-8H2,1H3/b5-4+. The van der Waals surface area contributed by atoms with Gasteiger partial charge in [0, 0.05) is 13.1 Å². The summed E-state index contributed by atoms with van der Waals surface area (Å²) in [5, 5.41) is 20.6. The van der Waals surface area contributed by atoms with Gasteiger partial charge in [0.1, 0.15) is 0 Å². The van der Waals surface area contributed by atoms with Crippen LogP contribution in [0.2, 0.25) is 0 Å². The van der Waals surface area contributed by atoms with Gasteiger partial charge >= 0.3 is 0 Å². The first-order chi connectivity index (χ1) is 5.81. The zero-order valence-corrected chi connectivity index (χ0v) is 7.66. The van der Waals surface area contributed by atoms with Crippen molar-refractivity contribution in [2.45, 2.75) is 25.9 Å². The molecule has 0 rings (SSSR count). The normalized spacial score (nSPS) is 13.9. The Labute approximate surface area is 74.1 Å². The fraction of sp³-hybridized carbons (Fsp3) is 0.778. The van der Waals surface area contributed by atoms with Crippen molar-refractivity contribution in [3.8, 4) is 0 Å². The van der Waals surface area contributed by atoms with Crippen LogP contribution in [0.15, 0.2) is 12.2 Å². The molecule has 0 spiro atoms. The number of aliphatic hydroxyl groups is 2. The number of unbranched alkanes of at least 4 members (excludes halogenated alkanes) is 1. The van der Waals surface area contributed by atoms with Crippen molar-refractivity contribution in [1.82, 2.24) is 5.32 Å². The quantitative estimate of drug-likeness (QED) is 0.383. The van der Waals surface area contributed by atoms with Crippen LogP contribution in [-0.2, 0) is 0 Å². The Morgan fingerprint density at radius 2 is 2.25 bits per heavy atom. The van der Waals surface area contributed by atoms with Gasteiger partial charge in [-0.05, 0) is 6.42 Å². The molecule has 0 aliphatic rings. The van der Waals surface area contributed by atoms with E-state index >= 15 is 0 Å². The number of nitrogens with one attached hydrogen (secondary N) is 1. The largest absolute Gasteiger partial charge is 0.395 e. The van der Waals surface area contributed by atoms with Gasteiger partial charge in [-0.15, -0.1) is 0 Å². The first-order valence-corrected chi connectivity index (χ1v) is 4.47. The van der Waals surface area contributed by atoms with E-state index in [1.807, 2.05) is 6.08 Å². The van der Waals surface area contributed by atoms with E-state index in [-0.39, 0.29) is 6.61 Å². The second kappa shape index (κ2) is 8.71. The number of rotatable bonds is 7. The smallest absolute Gasteiger partial charge is 0.0845 e. The van der Waals surface area contributed by atoms with E-state index in [1.54, 1.807) is 6.08 Å². The van der Waals surface area contributed by atoms with E-state index in [9.17, 15) is 5.11 Å². The molecule has 3 nitrogen and oxygen atoms in total. The minimum Gasteiger partial charge on any atom is -0.395 e. The lowest BCUT2D eigenvalue weighted by molar-refractivity contribution is 0.211. The van der Waals surface area contributed by atoms with E-state index in [1.165, 1.54) is 0 Å². The highest BCUT2D eigenvalue weighted by molar-refractivity contribution is 4.89. The molecule has 3 N–H and O–H groups in total. The number of aliphatic hydroxyl groups excluding tert-OH is 2. The maximum Gasteiger partial charge on any atom is 0.0845 e. The third-order valence-corrected chi connectivity index (χ3v) is 1.46. The predicted molar refractivity (Wildman–Crippen MR) is 50.0 cm³/mol. The van der Waals surface area contributed by atoms with Crippen LogP contribution in [0.3, 0.4) is 0 Å². The van der Waals surface area contributed by atoms with E-state index in [0.717, 1.165) is 12.8 Å². The highest BCUT2D eigenvalue weighted by Crippen LogP contribution is 1.91. The molecule has 0 bridgehead atoms. The molecule has 72 valence electrons. The molecule has 0 fully saturated rings. The molecule has 0 aromatic rings. The maximum absolute atomic E-state index is 9.27. The molecule has 0 aliphatic carbocycles. The molecule has 3 heteroatoms. The minimum absolute atomic E-state index is 0.116. The van der Waals surface area contributed by atoms with Gasteiger partial charge in [0.2, 0.25) is 0 Å². The van der Waals surface area contributed by atoms with Gasteiger partial charge in [0.15, 0.2) is 0 Å². The second-order valence-electron chi connectivity index (χ2n) is 2.71. The molecule has 1 atom stereocenters. The fourth-order valence-corrected chi connectivity index (χ4v) is 0.817. The third kappa shape index (κ3) is 7.72. The first kappa shape index (κ1) is 11.6. The van der Waals surface area contributed by atoms with Crippen LogP contribution in [0, 0.1) is 0 Å². The predicted octanol–water partition coefficient (Wildman–Crippen LogP) is 0.286. The highest BCUT2D eigenvalue weighted by atomic mass is 16.3. The van der Waals surface area contributed by atoms with Crippen LogP contribution < -0.4 is 5.32 Å². The fourth-order valence-electron chi connectivity index (χ4n) is 0.817. The van der Waals surface area contributed by atoms with Gasteiger partial charge in [0.05, 0.1) is 12.7 Å². The maximum atomic E-state index is 9.27. The summed E-state index contributed by atoms with van der Waals surface area (Å²) in [7, 11) is 0. The van der Waals surface area contributed by atoms with Crippen molar-refractivity contribution in [2.24, 2.45) is 0 Å². The topological polar surface area (TPSA) is 52.5 Å². The third-order valence-electron chi connectivity index (χ3n) is 1.46. The highest BCUT2D eigenvalue weighted by Gasteiger charge is 1.95.